The minimum Gasteiger partial charge on any atom is -0.402 e. The topological polar surface area (TPSA) is 96.9 Å². The number of carbonyl (C=O) groups excluding carboxylic acids is 1. The van der Waals surface area contributed by atoms with Gasteiger partial charge in [0.25, 0.3) is 0 Å². The van der Waals surface area contributed by atoms with Crippen LogP contribution in [0, 0.1) is 0 Å². The van der Waals surface area contributed by atoms with E-state index in [2.05, 4.69) is 15.5 Å². The number of nitrogens with one attached hydrogen (secondary N) is 2. The summed E-state index contributed by atoms with van der Waals surface area (Å²) in [6.45, 7) is 2.09. The van der Waals surface area contributed by atoms with Crippen LogP contribution in [0.25, 0.3) is 10.9 Å². The van der Waals surface area contributed by atoms with Crippen molar-refractivity contribution in [3.8, 4) is 0 Å². The fraction of sp³-hybridized carbons (Fsp3) is 0.222. The van der Waals surface area contributed by atoms with Gasteiger partial charge in [-0.05, 0) is 49.6 Å². The van der Waals surface area contributed by atoms with Gasteiger partial charge >= 0.3 is 0 Å². The van der Waals surface area contributed by atoms with Crippen molar-refractivity contribution in [3.63, 3.8) is 0 Å². The average molecular weight is 359 g/mol. The Morgan fingerprint density at radius 2 is 2.28 bits per heavy atom. The van der Waals surface area contributed by atoms with E-state index in [0.717, 1.165) is 22.2 Å². The van der Waals surface area contributed by atoms with Gasteiger partial charge < -0.3 is 20.6 Å². The monoisotopic (exact) mass is 358 g/mol. The fourth-order valence-corrected chi connectivity index (χ4v) is 2.91. The highest BCUT2D eigenvalue weighted by molar-refractivity contribution is 6.32. The molecule has 3 rings (SSSR count). The number of aryl methyl sites for hydroxylation is 1. The lowest BCUT2D eigenvalue weighted by atomic mass is 10.1. The number of carbonyl (C=O) groups is 1. The van der Waals surface area contributed by atoms with E-state index in [1.807, 2.05) is 18.2 Å². The first-order valence-electron chi connectivity index (χ1n) is 7.92. The zero-order chi connectivity index (χ0) is 17.8. The molecule has 0 saturated carbocycles. The number of ketones is 1. The number of halogens is 1. The van der Waals surface area contributed by atoms with Gasteiger partial charge in [-0.15, -0.1) is 0 Å². The highest BCUT2D eigenvalue weighted by Gasteiger charge is 2.08. The lowest BCUT2D eigenvalue weighted by Crippen LogP contribution is -2.02. The van der Waals surface area contributed by atoms with Gasteiger partial charge in [0, 0.05) is 33.4 Å². The van der Waals surface area contributed by atoms with Gasteiger partial charge in [-0.2, -0.15) is 0 Å². The first-order chi connectivity index (χ1) is 12.0. The van der Waals surface area contributed by atoms with Gasteiger partial charge in [0.1, 0.15) is 6.26 Å². The van der Waals surface area contributed by atoms with Crippen molar-refractivity contribution in [2.75, 3.05) is 5.32 Å². The molecule has 0 spiro atoms. The van der Waals surface area contributed by atoms with Crippen LogP contribution >= 0.6 is 11.6 Å². The second kappa shape index (κ2) is 7.44. The summed E-state index contributed by atoms with van der Waals surface area (Å²) < 4.78 is 4.79. The van der Waals surface area contributed by atoms with Crippen LogP contribution in [-0.4, -0.2) is 15.9 Å². The molecule has 7 heteroatoms. The number of anilines is 1. The molecular formula is C18H19ClN4O2. The van der Waals surface area contributed by atoms with Crippen LogP contribution in [0.2, 0.25) is 5.02 Å². The highest BCUT2D eigenvalue weighted by atomic mass is 35.5. The lowest BCUT2D eigenvalue weighted by Gasteiger charge is -2.05. The molecule has 3 aromatic rings. The van der Waals surface area contributed by atoms with Crippen molar-refractivity contribution < 1.29 is 9.32 Å². The molecule has 130 valence electrons. The van der Waals surface area contributed by atoms with E-state index in [1.165, 1.54) is 19.3 Å². The molecule has 1 aromatic carbocycles. The third-order valence-electron chi connectivity index (χ3n) is 3.81. The van der Waals surface area contributed by atoms with Gasteiger partial charge in [0.15, 0.2) is 11.6 Å². The number of fused-ring (bicyclic) bond motifs is 1. The predicted octanol–water partition coefficient (Wildman–Crippen LogP) is 3.79. The molecule has 0 fully saturated rings. The quantitative estimate of drug-likeness (QED) is 0.558. The minimum atomic E-state index is -0.0485. The van der Waals surface area contributed by atoms with E-state index in [0.29, 0.717) is 35.9 Å². The van der Waals surface area contributed by atoms with E-state index >= 15 is 0 Å². The lowest BCUT2D eigenvalue weighted by molar-refractivity contribution is -0.112. The van der Waals surface area contributed by atoms with Crippen LogP contribution in [-0.2, 0) is 17.8 Å². The molecule has 0 atom stereocenters. The van der Waals surface area contributed by atoms with E-state index in [4.69, 9.17) is 21.9 Å². The standard InChI is InChI=1S/C18H19ClN4O2/c1-11(24)6-14(20)3-2-12-9-17-13(8-16(12)19)7-15(22-17)10-21-18-4-5-25-23-18/h4-9,22H,2-3,10,20H2,1H3,(H,21,23)/b14-6-. The summed E-state index contributed by atoms with van der Waals surface area (Å²) in [4.78, 5) is 14.4. The van der Waals surface area contributed by atoms with Crippen LogP contribution < -0.4 is 11.1 Å². The summed E-state index contributed by atoms with van der Waals surface area (Å²) in [6.07, 6.45) is 4.24. The Morgan fingerprint density at radius 3 is 3.00 bits per heavy atom. The zero-order valence-corrected chi connectivity index (χ0v) is 14.6. The molecule has 0 aliphatic carbocycles. The number of nitrogens with zero attached hydrogens (tertiary/aromatic N) is 1. The number of hydrogen-bond donors (Lipinski definition) is 3. The highest BCUT2D eigenvalue weighted by Crippen LogP contribution is 2.26. The molecular weight excluding hydrogens is 340 g/mol. The number of aromatic nitrogens is 2. The first kappa shape index (κ1) is 17.1. The van der Waals surface area contributed by atoms with E-state index < -0.39 is 0 Å². The van der Waals surface area contributed by atoms with Gasteiger partial charge in [-0.1, -0.05) is 16.8 Å². The molecule has 0 radical (unpaired) electrons. The second-order valence-corrected chi connectivity index (χ2v) is 6.30. The molecule has 0 amide bonds. The molecule has 4 N–H and O–H groups in total. The summed E-state index contributed by atoms with van der Waals surface area (Å²) in [5, 5.41) is 8.71. The smallest absolute Gasteiger partial charge is 0.169 e. The Bertz CT molecular complexity index is 913. The third-order valence-corrected chi connectivity index (χ3v) is 4.16. The Balaban J connectivity index is 1.73. The van der Waals surface area contributed by atoms with Gasteiger partial charge in [0.05, 0.1) is 6.54 Å². The summed E-state index contributed by atoms with van der Waals surface area (Å²) >= 11 is 6.38. The largest absolute Gasteiger partial charge is 0.402 e. The van der Waals surface area contributed by atoms with Gasteiger partial charge in [-0.3, -0.25) is 4.79 Å². The maximum atomic E-state index is 11.1. The Morgan fingerprint density at radius 1 is 1.44 bits per heavy atom. The van der Waals surface area contributed by atoms with Crippen molar-refractivity contribution in [1.29, 1.82) is 0 Å². The SMILES string of the molecule is CC(=O)/C=C(\N)CCc1cc2[nH]c(CNc3ccon3)cc2cc1Cl. The van der Waals surface area contributed by atoms with E-state index in [9.17, 15) is 4.79 Å². The number of hydrogen-bond acceptors (Lipinski definition) is 5. The van der Waals surface area contributed by atoms with Crippen molar-refractivity contribution in [3.05, 3.63) is 58.6 Å². The van der Waals surface area contributed by atoms with Crippen LogP contribution in [0.1, 0.15) is 24.6 Å². The minimum absolute atomic E-state index is 0.0485. The number of aromatic amines is 1. The van der Waals surface area contributed by atoms with Gasteiger partial charge in [0.2, 0.25) is 0 Å². The average Bonchev–Trinajstić information content (AvgIpc) is 3.18. The number of nitrogens with two attached hydrogens (primary N) is 1. The molecule has 0 aliphatic rings. The summed E-state index contributed by atoms with van der Waals surface area (Å²) in [5.41, 5.74) is 9.42. The number of H-pyrrole nitrogens is 1. The molecule has 0 bridgehead atoms. The van der Waals surface area contributed by atoms with Crippen molar-refractivity contribution >= 4 is 34.1 Å². The second-order valence-electron chi connectivity index (χ2n) is 5.89. The van der Waals surface area contributed by atoms with Crippen molar-refractivity contribution in [1.82, 2.24) is 10.1 Å². The van der Waals surface area contributed by atoms with Crippen LogP contribution in [0.15, 0.2) is 46.8 Å². The Hall–Kier alpha value is -2.73. The number of rotatable bonds is 7. The summed E-state index contributed by atoms with van der Waals surface area (Å²) in [5.74, 6) is 0.637. The summed E-state index contributed by atoms with van der Waals surface area (Å²) in [6, 6.07) is 7.77. The molecule has 6 nitrogen and oxygen atoms in total. The van der Waals surface area contributed by atoms with Crippen LogP contribution in [0.4, 0.5) is 5.82 Å². The molecule has 2 heterocycles. The fourth-order valence-electron chi connectivity index (χ4n) is 2.65. The Labute approximate surface area is 150 Å². The molecule has 0 saturated heterocycles. The maximum Gasteiger partial charge on any atom is 0.169 e. The van der Waals surface area contributed by atoms with Gasteiger partial charge in [-0.25, -0.2) is 0 Å². The normalized spacial score (nSPS) is 11.8. The van der Waals surface area contributed by atoms with E-state index in [-0.39, 0.29) is 5.78 Å². The summed E-state index contributed by atoms with van der Waals surface area (Å²) in [7, 11) is 0. The van der Waals surface area contributed by atoms with Crippen LogP contribution in [0.5, 0.6) is 0 Å². The van der Waals surface area contributed by atoms with Crippen molar-refractivity contribution in [2.45, 2.75) is 26.3 Å². The number of allylic oxidation sites excluding steroid dienone is 2. The Kier molecular flexibility index (Phi) is 5.09. The first-order valence-corrected chi connectivity index (χ1v) is 8.30. The molecule has 2 aromatic heterocycles. The number of benzene rings is 1. The maximum absolute atomic E-state index is 11.1. The zero-order valence-electron chi connectivity index (χ0n) is 13.8. The molecule has 0 aliphatic heterocycles. The molecule has 0 unspecified atom stereocenters. The third kappa shape index (κ3) is 4.42. The van der Waals surface area contributed by atoms with Crippen LogP contribution in [0.3, 0.4) is 0 Å². The predicted molar refractivity (Wildman–Crippen MR) is 98.4 cm³/mol. The molecule has 25 heavy (non-hydrogen) atoms. The van der Waals surface area contributed by atoms with E-state index in [1.54, 1.807) is 6.07 Å². The van der Waals surface area contributed by atoms with Crippen molar-refractivity contribution in [2.24, 2.45) is 5.73 Å².